The number of hydrogen-bond acceptors (Lipinski definition) is 9. The summed E-state index contributed by atoms with van der Waals surface area (Å²) in [5.74, 6) is 0. The largest absolute Gasteiger partial charge is 0.520 e. The molecule has 5 N–H and O–H groups in total. The van der Waals surface area contributed by atoms with Crippen LogP contribution in [0.15, 0.2) is 21.9 Å². The zero-order chi connectivity index (χ0) is 17.4. The van der Waals surface area contributed by atoms with E-state index < -0.39 is 58.4 Å². The number of aliphatic hydroxyl groups is 2. The van der Waals surface area contributed by atoms with Gasteiger partial charge >= 0.3 is 12.0 Å². The van der Waals surface area contributed by atoms with Crippen LogP contribution in [0.4, 0.5) is 0 Å². The summed E-state index contributed by atoms with van der Waals surface area (Å²) in [5.41, 5.74) is 3.83. The molecule has 0 saturated carbocycles. The second kappa shape index (κ2) is 6.55. The molecule has 1 fully saturated rings. The Balaban J connectivity index is 2.12. The maximum Gasteiger partial charge on any atom is 0.520 e. The first-order valence-corrected chi connectivity index (χ1v) is 8.46. The summed E-state index contributed by atoms with van der Waals surface area (Å²) >= 11 is 0. The highest BCUT2D eigenvalue weighted by Gasteiger charge is 2.44. The predicted molar refractivity (Wildman–Crippen MR) is 78.0 cm³/mol. The number of nitrogens with two attached hydrogens (primary N) is 1. The van der Waals surface area contributed by atoms with E-state index in [1.54, 1.807) is 0 Å². The lowest BCUT2D eigenvalue weighted by Crippen LogP contribution is -2.43. The van der Waals surface area contributed by atoms with Crippen LogP contribution in [0.1, 0.15) is 6.23 Å². The van der Waals surface area contributed by atoms with Gasteiger partial charge in [0, 0.05) is 18.5 Å². The van der Waals surface area contributed by atoms with Crippen molar-refractivity contribution in [2.75, 3.05) is 12.9 Å². The van der Waals surface area contributed by atoms with Gasteiger partial charge in [0.25, 0.3) is 5.56 Å². The van der Waals surface area contributed by atoms with Crippen molar-refractivity contribution in [3.05, 3.63) is 33.1 Å². The summed E-state index contributed by atoms with van der Waals surface area (Å²) in [5, 5.41) is 19.9. The van der Waals surface area contributed by atoms with Crippen LogP contribution in [0, 0.1) is 0 Å². The number of hydrogen-bond donors (Lipinski definition) is 4. The number of rotatable bonds is 5. The third-order valence-corrected chi connectivity index (χ3v) is 4.29. The summed E-state index contributed by atoms with van der Waals surface area (Å²) in [6.45, 7) is -0.416. The van der Waals surface area contributed by atoms with E-state index in [1.165, 1.54) is 0 Å². The fourth-order valence-corrected chi connectivity index (χ4v) is 2.36. The van der Waals surface area contributed by atoms with Gasteiger partial charge in [0.05, 0.1) is 6.61 Å². The van der Waals surface area contributed by atoms with E-state index in [4.69, 9.17) is 15.0 Å². The van der Waals surface area contributed by atoms with Gasteiger partial charge < -0.3 is 25.2 Å². The normalized spacial score (nSPS) is 28.0. The maximum absolute atomic E-state index is 11.7. The molecule has 2 rings (SSSR count). The predicted octanol–water partition coefficient (Wildman–Crippen LogP) is -3.84. The number of aliphatic hydroxyl groups excluding tert-OH is 2. The van der Waals surface area contributed by atoms with Crippen LogP contribution in [-0.2, 0) is 19.1 Å². The van der Waals surface area contributed by atoms with Gasteiger partial charge in [-0.15, -0.1) is 0 Å². The molecule has 2 heterocycles. The Morgan fingerprint density at radius 3 is 2.65 bits per heavy atom. The molecule has 1 aliphatic heterocycles. The van der Waals surface area contributed by atoms with Crippen molar-refractivity contribution in [2.45, 2.75) is 24.5 Å². The SMILES string of the molecule is CS(=O)(=O)B(N)OC[C@H]1O[C@@H](n2ccc(=O)[nH]c2=O)[C@H](O)[C@@H]1O. The van der Waals surface area contributed by atoms with Crippen LogP contribution in [-0.4, -0.2) is 65.7 Å². The average molecular weight is 349 g/mol. The summed E-state index contributed by atoms with van der Waals surface area (Å²) in [4.78, 5) is 24.7. The Bertz CT molecular complexity index is 777. The third kappa shape index (κ3) is 3.88. The highest BCUT2D eigenvalue weighted by molar-refractivity contribution is 8.16. The van der Waals surface area contributed by atoms with E-state index in [2.05, 4.69) is 0 Å². The number of nitrogens with zero attached hydrogens (tertiary/aromatic N) is 1. The lowest BCUT2D eigenvalue weighted by atomic mass is 10.1. The van der Waals surface area contributed by atoms with Gasteiger partial charge in [-0.25, -0.2) is 13.2 Å². The van der Waals surface area contributed by atoms with E-state index in [1.807, 2.05) is 4.98 Å². The molecule has 1 saturated heterocycles. The molecule has 0 aliphatic carbocycles. The molecule has 11 nitrogen and oxygen atoms in total. The van der Waals surface area contributed by atoms with Gasteiger partial charge in [-0.3, -0.25) is 14.3 Å². The summed E-state index contributed by atoms with van der Waals surface area (Å²) in [6, 6.07) is 1.05. The third-order valence-electron chi connectivity index (χ3n) is 3.31. The van der Waals surface area contributed by atoms with E-state index in [0.717, 1.165) is 23.1 Å². The maximum atomic E-state index is 11.7. The topological polar surface area (TPSA) is 174 Å². The number of nitrogens with one attached hydrogen (secondary N) is 1. The van der Waals surface area contributed by atoms with Crippen LogP contribution in [0.3, 0.4) is 0 Å². The van der Waals surface area contributed by atoms with Gasteiger partial charge in [-0.1, -0.05) is 0 Å². The smallest absolute Gasteiger partial charge is 0.406 e. The molecular weight excluding hydrogens is 333 g/mol. The Morgan fingerprint density at radius 2 is 2.09 bits per heavy atom. The zero-order valence-electron chi connectivity index (χ0n) is 12.0. The molecule has 4 atom stereocenters. The molecule has 0 radical (unpaired) electrons. The highest BCUT2D eigenvalue weighted by atomic mass is 32.2. The zero-order valence-corrected chi connectivity index (χ0v) is 12.8. The molecule has 128 valence electrons. The minimum Gasteiger partial charge on any atom is -0.406 e. The van der Waals surface area contributed by atoms with Crippen molar-refractivity contribution >= 4 is 16.0 Å². The summed E-state index contributed by atoms with van der Waals surface area (Å²) in [6.07, 6.45) is -4.93. The highest BCUT2D eigenvalue weighted by Crippen LogP contribution is 2.28. The first-order valence-electron chi connectivity index (χ1n) is 6.50. The van der Waals surface area contributed by atoms with Crippen LogP contribution < -0.4 is 16.9 Å². The fourth-order valence-electron chi connectivity index (χ4n) is 2.04. The number of H-pyrrole nitrogens is 1. The number of ether oxygens (including phenoxy) is 1. The van der Waals surface area contributed by atoms with E-state index in [9.17, 15) is 28.2 Å². The molecular formula is C10H16BN3O8S. The molecule has 23 heavy (non-hydrogen) atoms. The van der Waals surface area contributed by atoms with Crippen LogP contribution in [0.5, 0.6) is 0 Å². The molecule has 1 aromatic heterocycles. The average Bonchev–Trinajstić information content (AvgIpc) is 2.72. The molecule has 1 aromatic rings. The second-order valence-corrected chi connectivity index (χ2v) is 7.22. The van der Waals surface area contributed by atoms with Crippen LogP contribution >= 0.6 is 0 Å². The van der Waals surface area contributed by atoms with E-state index >= 15 is 0 Å². The van der Waals surface area contributed by atoms with Gasteiger partial charge in [0.1, 0.15) is 18.3 Å². The molecule has 0 spiro atoms. The van der Waals surface area contributed by atoms with Gasteiger partial charge in [-0.2, -0.15) is 0 Å². The Labute approximate surface area is 130 Å². The molecule has 0 unspecified atom stereocenters. The minimum absolute atomic E-state index is 0.416. The van der Waals surface area contributed by atoms with Crippen molar-refractivity contribution < 1.29 is 28.0 Å². The van der Waals surface area contributed by atoms with Crippen LogP contribution in [0.25, 0.3) is 0 Å². The van der Waals surface area contributed by atoms with Crippen molar-refractivity contribution in [3.8, 4) is 0 Å². The summed E-state index contributed by atoms with van der Waals surface area (Å²) in [7, 11) is -3.64. The van der Waals surface area contributed by atoms with Crippen molar-refractivity contribution in [1.82, 2.24) is 9.55 Å². The molecule has 0 aromatic carbocycles. The van der Waals surface area contributed by atoms with Crippen molar-refractivity contribution in [3.63, 3.8) is 0 Å². The first-order chi connectivity index (χ1) is 10.6. The number of aromatic amines is 1. The monoisotopic (exact) mass is 349 g/mol. The van der Waals surface area contributed by atoms with Gasteiger partial charge in [0.15, 0.2) is 15.9 Å². The summed E-state index contributed by atoms with van der Waals surface area (Å²) < 4.78 is 33.4. The minimum atomic E-state index is -3.64. The number of aromatic nitrogens is 2. The van der Waals surface area contributed by atoms with Gasteiger partial charge in [-0.05, 0) is 0 Å². The van der Waals surface area contributed by atoms with Crippen molar-refractivity contribution in [1.29, 1.82) is 0 Å². The Kier molecular flexibility index (Phi) is 5.08. The Hall–Kier alpha value is -1.51. The molecule has 0 bridgehead atoms. The lowest BCUT2D eigenvalue weighted by molar-refractivity contribution is -0.0517. The van der Waals surface area contributed by atoms with E-state index in [0.29, 0.717) is 0 Å². The quantitative estimate of drug-likeness (QED) is 0.388. The van der Waals surface area contributed by atoms with Crippen LogP contribution in [0.2, 0.25) is 0 Å². The lowest BCUT2D eigenvalue weighted by Gasteiger charge is -2.17. The van der Waals surface area contributed by atoms with Crippen molar-refractivity contribution in [2.24, 2.45) is 5.64 Å². The first kappa shape index (κ1) is 17.8. The second-order valence-electron chi connectivity index (χ2n) is 5.09. The standard InChI is InChI=1S/C10H16BN3O8S/c1-23(19,20)11(12)21-4-5-7(16)8(17)9(22-5)14-3-2-6(15)13-10(14)18/h2-3,5,7-9,16-17H,4,12H2,1H3,(H,13,15,18)/t5-,7-,8-,9-/m1/s1. The van der Waals surface area contributed by atoms with Gasteiger partial charge in [0.2, 0.25) is 0 Å². The molecule has 13 heteroatoms. The molecule has 0 amide bonds. The Morgan fingerprint density at radius 1 is 1.43 bits per heavy atom. The fraction of sp³-hybridized carbons (Fsp3) is 0.600. The van der Waals surface area contributed by atoms with E-state index in [-0.39, 0.29) is 0 Å². The molecule has 1 aliphatic rings.